The lowest BCUT2D eigenvalue weighted by atomic mass is 9.95. The number of carbonyl (C=O) groups is 2. The van der Waals surface area contributed by atoms with Gasteiger partial charge in [-0.2, -0.15) is 0 Å². The molecule has 144 valence electrons. The van der Waals surface area contributed by atoms with Crippen molar-refractivity contribution in [3.8, 4) is 11.1 Å². The lowest BCUT2D eigenvalue weighted by Crippen LogP contribution is -2.44. The van der Waals surface area contributed by atoms with E-state index in [1.165, 1.54) is 42.5 Å². The predicted octanol–water partition coefficient (Wildman–Crippen LogP) is 4.15. The molecule has 0 aliphatic heterocycles. The fourth-order valence-corrected chi connectivity index (χ4v) is 2.49. The van der Waals surface area contributed by atoms with Crippen LogP contribution in [0.4, 0.5) is 13.6 Å². The summed E-state index contributed by atoms with van der Waals surface area (Å²) >= 11 is 0. The van der Waals surface area contributed by atoms with E-state index < -0.39 is 35.3 Å². The third kappa shape index (κ3) is 6.06. The maximum absolute atomic E-state index is 13.7. The largest absolute Gasteiger partial charge is 0.480 e. The van der Waals surface area contributed by atoms with Crippen molar-refractivity contribution < 1.29 is 28.2 Å². The van der Waals surface area contributed by atoms with Gasteiger partial charge in [0, 0.05) is 6.42 Å². The Balaban J connectivity index is 2.29. The molecule has 2 aromatic carbocycles. The van der Waals surface area contributed by atoms with E-state index in [4.69, 9.17) is 4.74 Å². The standard InChI is InChI=1S/C20H21F2NO4/c1-20(2,3)27-19(26)23-17(18(24)25)10-13-6-9-15(22)11-16(13)12-4-7-14(21)8-5-12/h4-9,11,17H,10H2,1-3H3,(H,23,26)(H,24,25)/t17-/m0/s1. The Labute approximate surface area is 156 Å². The fraction of sp³-hybridized carbons (Fsp3) is 0.300. The molecule has 0 saturated heterocycles. The first-order valence-corrected chi connectivity index (χ1v) is 8.32. The van der Waals surface area contributed by atoms with Crippen LogP contribution in [0.2, 0.25) is 0 Å². The number of carboxylic acids is 1. The molecule has 2 aromatic rings. The van der Waals surface area contributed by atoms with Gasteiger partial charge in [-0.25, -0.2) is 18.4 Å². The van der Waals surface area contributed by atoms with Crippen molar-refractivity contribution in [2.24, 2.45) is 0 Å². The van der Waals surface area contributed by atoms with Gasteiger partial charge < -0.3 is 15.2 Å². The van der Waals surface area contributed by atoms with Crippen LogP contribution in [-0.2, 0) is 16.0 Å². The first-order valence-electron chi connectivity index (χ1n) is 8.32. The molecule has 0 fully saturated rings. The molecule has 1 amide bonds. The summed E-state index contributed by atoms with van der Waals surface area (Å²) in [5.41, 5.74) is 0.674. The van der Waals surface area contributed by atoms with Crippen LogP contribution in [-0.4, -0.2) is 28.8 Å². The zero-order valence-corrected chi connectivity index (χ0v) is 15.3. The quantitative estimate of drug-likeness (QED) is 0.821. The van der Waals surface area contributed by atoms with E-state index in [1.807, 2.05) is 0 Å². The zero-order valence-electron chi connectivity index (χ0n) is 15.3. The molecule has 0 bridgehead atoms. The summed E-state index contributed by atoms with van der Waals surface area (Å²) in [6, 6.07) is 8.04. The second kappa shape index (κ2) is 8.16. The van der Waals surface area contributed by atoms with E-state index in [-0.39, 0.29) is 6.42 Å². The normalized spacial score (nSPS) is 12.3. The van der Waals surface area contributed by atoms with Crippen molar-refractivity contribution in [3.63, 3.8) is 0 Å². The average molecular weight is 377 g/mol. The lowest BCUT2D eigenvalue weighted by molar-refractivity contribution is -0.139. The number of ether oxygens (including phenoxy) is 1. The Morgan fingerprint density at radius 1 is 1.07 bits per heavy atom. The number of amides is 1. The van der Waals surface area contributed by atoms with E-state index in [2.05, 4.69) is 5.32 Å². The molecule has 27 heavy (non-hydrogen) atoms. The van der Waals surface area contributed by atoms with Crippen LogP contribution in [0.1, 0.15) is 26.3 Å². The second-order valence-corrected chi connectivity index (χ2v) is 7.05. The highest BCUT2D eigenvalue weighted by molar-refractivity contribution is 5.81. The first kappa shape index (κ1) is 20.4. The molecule has 0 radical (unpaired) electrons. The van der Waals surface area contributed by atoms with E-state index in [9.17, 15) is 23.5 Å². The molecular weight excluding hydrogens is 356 g/mol. The number of aliphatic carboxylic acids is 1. The topological polar surface area (TPSA) is 75.6 Å². The second-order valence-electron chi connectivity index (χ2n) is 7.05. The third-order valence-electron chi connectivity index (χ3n) is 3.64. The molecule has 0 aliphatic rings. The minimum Gasteiger partial charge on any atom is -0.480 e. The van der Waals surface area contributed by atoms with Gasteiger partial charge in [-0.15, -0.1) is 0 Å². The predicted molar refractivity (Wildman–Crippen MR) is 96.3 cm³/mol. The van der Waals surface area contributed by atoms with E-state index >= 15 is 0 Å². The highest BCUT2D eigenvalue weighted by Crippen LogP contribution is 2.26. The Hall–Kier alpha value is -2.96. The smallest absolute Gasteiger partial charge is 0.408 e. The van der Waals surface area contributed by atoms with Crippen LogP contribution in [0.5, 0.6) is 0 Å². The monoisotopic (exact) mass is 377 g/mol. The molecule has 1 atom stereocenters. The van der Waals surface area contributed by atoms with E-state index in [0.29, 0.717) is 16.7 Å². The summed E-state index contributed by atoms with van der Waals surface area (Å²) in [6.07, 6.45) is -0.956. The van der Waals surface area contributed by atoms with Crippen molar-refractivity contribution in [3.05, 3.63) is 59.7 Å². The van der Waals surface area contributed by atoms with E-state index in [1.54, 1.807) is 20.8 Å². The van der Waals surface area contributed by atoms with Crippen LogP contribution in [0.15, 0.2) is 42.5 Å². The number of halogens is 2. The number of hydrogen-bond donors (Lipinski definition) is 2. The van der Waals surface area contributed by atoms with Gasteiger partial charge in [-0.3, -0.25) is 0 Å². The van der Waals surface area contributed by atoms with E-state index in [0.717, 1.165) is 0 Å². The molecule has 0 spiro atoms. The number of nitrogens with one attached hydrogen (secondary N) is 1. The van der Waals surface area contributed by atoms with Crippen molar-refractivity contribution in [2.45, 2.75) is 38.8 Å². The number of carbonyl (C=O) groups excluding carboxylic acids is 1. The number of benzene rings is 2. The average Bonchev–Trinajstić information content (AvgIpc) is 2.54. The van der Waals surface area contributed by atoms with Crippen LogP contribution in [0.25, 0.3) is 11.1 Å². The van der Waals surface area contributed by atoms with Crippen LogP contribution in [0, 0.1) is 11.6 Å². The Morgan fingerprint density at radius 3 is 2.22 bits per heavy atom. The van der Waals surface area contributed by atoms with Crippen molar-refractivity contribution in [2.75, 3.05) is 0 Å². The summed E-state index contributed by atoms with van der Waals surface area (Å²) in [6.45, 7) is 4.99. The zero-order chi connectivity index (χ0) is 20.2. The first-order chi connectivity index (χ1) is 12.5. The fourth-order valence-electron chi connectivity index (χ4n) is 2.49. The van der Waals surface area contributed by atoms with Crippen LogP contribution in [0.3, 0.4) is 0 Å². The van der Waals surface area contributed by atoms with Crippen molar-refractivity contribution >= 4 is 12.1 Å². The minimum atomic E-state index is -1.27. The third-order valence-corrected chi connectivity index (χ3v) is 3.64. The van der Waals surface area contributed by atoms with Gasteiger partial charge in [0.2, 0.25) is 0 Å². The van der Waals surface area contributed by atoms with Crippen LogP contribution < -0.4 is 5.32 Å². The highest BCUT2D eigenvalue weighted by atomic mass is 19.1. The molecule has 7 heteroatoms. The lowest BCUT2D eigenvalue weighted by Gasteiger charge is -2.22. The van der Waals surface area contributed by atoms with Crippen LogP contribution >= 0.6 is 0 Å². The summed E-state index contributed by atoms with van der Waals surface area (Å²) in [4.78, 5) is 23.5. The minimum absolute atomic E-state index is 0.0957. The van der Waals surface area contributed by atoms with Gasteiger partial charge in [0.25, 0.3) is 0 Å². The van der Waals surface area contributed by atoms with Crippen molar-refractivity contribution in [1.29, 1.82) is 0 Å². The summed E-state index contributed by atoms with van der Waals surface area (Å²) in [7, 11) is 0. The number of alkyl carbamates (subject to hydrolysis) is 1. The summed E-state index contributed by atoms with van der Waals surface area (Å²) in [5.74, 6) is -2.20. The van der Waals surface area contributed by atoms with Gasteiger partial charge in [-0.05, 0) is 61.7 Å². The maximum Gasteiger partial charge on any atom is 0.408 e. The summed E-state index contributed by atoms with van der Waals surface area (Å²) < 4.78 is 32.0. The maximum atomic E-state index is 13.7. The molecule has 0 heterocycles. The number of hydrogen-bond acceptors (Lipinski definition) is 3. The van der Waals surface area contributed by atoms with Gasteiger partial charge in [-0.1, -0.05) is 18.2 Å². The van der Waals surface area contributed by atoms with Gasteiger partial charge >= 0.3 is 12.1 Å². The Kier molecular flexibility index (Phi) is 6.15. The van der Waals surface area contributed by atoms with Crippen molar-refractivity contribution in [1.82, 2.24) is 5.32 Å². The highest BCUT2D eigenvalue weighted by Gasteiger charge is 2.25. The molecule has 5 nitrogen and oxygen atoms in total. The van der Waals surface area contributed by atoms with Gasteiger partial charge in [0.05, 0.1) is 0 Å². The molecule has 0 aliphatic carbocycles. The molecule has 2 N–H and O–H groups in total. The van der Waals surface area contributed by atoms with Gasteiger partial charge in [0.15, 0.2) is 0 Å². The number of rotatable bonds is 5. The molecular formula is C20H21F2NO4. The number of carboxylic acid groups (broad SMARTS) is 1. The molecule has 0 saturated carbocycles. The molecule has 2 rings (SSSR count). The summed E-state index contributed by atoms with van der Waals surface area (Å²) in [5, 5.41) is 11.7. The molecule has 0 aromatic heterocycles. The SMILES string of the molecule is CC(C)(C)OC(=O)N[C@@H](Cc1ccc(F)cc1-c1ccc(F)cc1)C(=O)O. The van der Waals surface area contributed by atoms with Gasteiger partial charge in [0.1, 0.15) is 23.3 Å². The Bertz CT molecular complexity index is 829. The molecule has 0 unspecified atom stereocenters. The Morgan fingerprint density at radius 2 is 1.67 bits per heavy atom.